The van der Waals surface area contributed by atoms with Crippen molar-refractivity contribution in [3.63, 3.8) is 0 Å². The largest absolute Gasteiger partial charge is 0.463 e. The molecule has 9 amide bonds. The molecule has 5 saturated heterocycles. The molecule has 450 valence electrons. The van der Waals surface area contributed by atoms with Gasteiger partial charge in [0, 0.05) is 66.2 Å². The molecule has 0 aromatic heterocycles. The molecule has 0 aromatic carbocycles. The minimum Gasteiger partial charge on any atom is -0.463 e. The summed E-state index contributed by atoms with van der Waals surface area (Å²) < 4.78 is 40.8. The number of hydrogen-bond acceptors (Lipinski definition) is 23. The second-order valence-electron chi connectivity index (χ2n) is 20.9. The van der Waals surface area contributed by atoms with E-state index in [4.69, 9.17) is 29.8 Å². The van der Waals surface area contributed by atoms with Crippen LogP contribution in [0.2, 0.25) is 0 Å². The summed E-state index contributed by atoms with van der Waals surface area (Å²) in [4.78, 5) is 141. The number of piperidine rings is 2. The van der Waals surface area contributed by atoms with Gasteiger partial charge in [-0.1, -0.05) is 0 Å². The average molecular weight is 1150 g/mol. The molecule has 0 saturated carbocycles. The van der Waals surface area contributed by atoms with E-state index in [1.165, 1.54) is 32.6 Å². The first kappa shape index (κ1) is 63.2. The van der Waals surface area contributed by atoms with Crippen molar-refractivity contribution in [2.45, 2.75) is 134 Å². The average Bonchev–Trinajstić information content (AvgIpc) is 4.26. The fraction of sp³-hybridized carbons (Fsp3) is 0.776. The lowest BCUT2D eigenvalue weighted by atomic mass is 9.87. The monoisotopic (exact) mass is 1150 g/mol. The van der Waals surface area contributed by atoms with E-state index in [-0.39, 0.29) is 124 Å². The number of aliphatic hydroxyl groups is 6. The molecule has 5 fully saturated rings. The number of likely N-dealkylation sites (tertiary alicyclic amines) is 1. The molecule has 1 unspecified atom stereocenters. The Morgan fingerprint density at radius 1 is 0.575 bits per heavy atom. The molecule has 31 nitrogen and oxygen atoms in total. The van der Waals surface area contributed by atoms with E-state index in [9.17, 15) is 83.4 Å². The molecule has 10 N–H and O–H groups in total. The van der Waals surface area contributed by atoms with Crippen LogP contribution in [-0.4, -0.2) is 275 Å². The zero-order valence-electron chi connectivity index (χ0n) is 46.1. The molecule has 0 bridgehead atoms. The second-order valence-corrected chi connectivity index (χ2v) is 20.9. The van der Waals surface area contributed by atoms with Crippen molar-refractivity contribution in [3.05, 3.63) is 0 Å². The Labute approximate surface area is 461 Å². The van der Waals surface area contributed by atoms with Gasteiger partial charge in [0.1, 0.15) is 62.2 Å². The van der Waals surface area contributed by atoms with Crippen LogP contribution in [0.1, 0.15) is 74.0 Å². The Morgan fingerprint density at radius 2 is 0.975 bits per heavy atom. The van der Waals surface area contributed by atoms with Crippen LogP contribution in [0.15, 0.2) is 0 Å². The topological polar surface area (TPSA) is 426 Å². The van der Waals surface area contributed by atoms with Crippen LogP contribution >= 0.6 is 0 Å². The van der Waals surface area contributed by atoms with Crippen LogP contribution in [0, 0.1) is 10.8 Å². The van der Waals surface area contributed by atoms with Crippen LogP contribution < -0.4 is 21.3 Å². The maximum absolute atomic E-state index is 13.3. The second kappa shape index (κ2) is 29.6. The van der Waals surface area contributed by atoms with Gasteiger partial charge in [-0.05, 0) is 40.5 Å². The van der Waals surface area contributed by atoms with Gasteiger partial charge >= 0.3 is 35.6 Å². The van der Waals surface area contributed by atoms with Crippen molar-refractivity contribution in [1.29, 1.82) is 0 Å². The number of imide groups is 1. The van der Waals surface area contributed by atoms with Crippen LogP contribution in [0.5, 0.6) is 0 Å². The summed E-state index contributed by atoms with van der Waals surface area (Å²) in [5.74, 6) is -8.17. The number of esters is 2. The van der Waals surface area contributed by atoms with Gasteiger partial charge in [0.2, 0.25) is 29.5 Å². The lowest BCUT2D eigenvalue weighted by Gasteiger charge is -2.44. The van der Waals surface area contributed by atoms with E-state index in [1.807, 2.05) is 0 Å². The Bertz CT molecular complexity index is 2170. The predicted octanol–water partition coefficient (Wildman–Crippen LogP) is -7.15. The third kappa shape index (κ3) is 17.0. The highest BCUT2D eigenvalue weighted by molar-refractivity contribution is 6.37. The van der Waals surface area contributed by atoms with E-state index in [1.54, 1.807) is 0 Å². The highest BCUT2D eigenvalue weighted by Crippen LogP contribution is 2.31. The molecular weight excluding hydrogens is 1070 g/mol. The summed E-state index contributed by atoms with van der Waals surface area (Å²) in [5.41, 5.74) is -2.40. The number of carbonyl (C=O) groups is 11. The first-order valence-electron chi connectivity index (χ1n) is 26.9. The number of amides is 9. The molecule has 0 aliphatic carbocycles. The van der Waals surface area contributed by atoms with E-state index in [2.05, 4.69) is 21.3 Å². The Balaban J connectivity index is 0.915. The molecule has 5 aliphatic heterocycles. The third-order valence-corrected chi connectivity index (χ3v) is 14.2. The summed E-state index contributed by atoms with van der Waals surface area (Å²) in [6, 6.07) is -2.66. The van der Waals surface area contributed by atoms with Gasteiger partial charge in [-0.15, -0.1) is 0 Å². The fourth-order valence-corrected chi connectivity index (χ4v) is 9.10. The molecule has 31 heteroatoms. The van der Waals surface area contributed by atoms with Crippen molar-refractivity contribution in [2.75, 3.05) is 98.8 Å². The molecule has 5 rings (SSSR count). The number of nitrogens with zero attached hydrogens (tertiary/aromatic N) is 4. The van der Waals surface area contributed by atoms with Crippen LogP contribution in [0.4, 0.5) is 0 Å². The fourth-order valence-electron chi connectivity index (χ4n) is 9.10. The maximum Gasteiger partial charge on any atom is 0.314 e. The molecule has 80 heavy (non-hydrogen) atoms. The first-order valence-corrected chi connectivity index (χ1v) is 26.3. The van der Waals surface area contributed by atoms with Crippen molar-refractivity contribution in [2.24, 2.45) is 10.8 Å². The van der Waals surface area contributed by atoms with Gasteiger partial charge in [-0.2, -0.15) is 0 Å². The zero-order chi connectivity index (χ0) is 59.9. The van der Waals surface area contributed by atoms with Crippen molar-refractivity contribution in [1.82, 2.24) is 40.9 Å². The number of aliphatic hydroxyl groups excluding tert-OH is 6. The predicted molar refractivity (Wildman–Crippen MR) is 266 cm³/mol. The number of hydrogen-bond donors (Lipinski definition) is 10. The lowest BCUT2D eigenvalue weighted by Crippen LogP contribution is -2.68. The SMILES string of the molecule is [3H]C1CC(=O)N(CCC(=O)N(CCOCCOCCNC(=O)CCC(C)(C)C(=O)OC[C@@H]2[C@@H](O)[C@H](O)[C@H](O)[C@H]3NC(=O)C(=O)N23)CCOCCOCCNC(=O)CCC(C)(C)C(=O)OC[C@@H]2[C@@H](O)[C@H](O)[C@H](O)[C@H]3NC(=O)C(=O)N23)C1=O. The smallest absolute Gasteiger partial charge is 0.314 e. The van der Waals surface area contributed by atoms with E-state index in [0.717, 1.165) is 14.7 Å². The molecule has 5 heterocycles. The van der Waals surface area contributed by atoms with Gasteiger partial charge in [-0.3, -0.25) is 57.6 Å². The zero-order valence-corrected chi connectivity index (χ0v) is 45.1. The minimum absolute atomic E-state index is 0.0439. The molecular formula is C49H76N8O23. The third-order valence-electron chi connectivity index (χ3n) is 14.2. The molecule has 11 atom stereocenters. The Morgan fingerprint density at radius 3 is 1.36 bits per heavy atom. The van der Waals surface area contributed by atoms with Gasteiger partial charge in [0.25, 0.3) is 0 Å². The molecule has 0 aromatic rings. The highest BCUT2D eigenvalue weighted by Gasteiger charge is 2.57. The maximum atomic E-state index is 13.3. The Hall–Kier alpha value is -6.03. The number of fused-ring (bicyclic) bond motifs is 2. The number of ether oxygens (including phenoxy) is 6. The van der Waals surface area contributed by atoms with Crippen LogP contribution in [-0.2, 0) is 81.2 Å². The van der Waals surface area contributed by atoms with Crippen LogP contribution in [0.25, 0.3) is 0 Å². The van der Waals surface area contributed by atoms with Gasteiger partial charge in [-0.25, -0.2) is 0 Å². The Kier molecular flexibility index (Phi) is 23.4. The number of rotatable bonds is 33. The lowest BCUT2D eigenvalue weighted by molar-refractivity contribution is -0.184. The molecule has 5 aliphatic rings. The van der Waals surface area contributed by atoms with E-state index in [0.29, 0.717) is 0 Å². The summed E-state index contributed by atoms with van der Waals surface area (Å²) >= 11 is 0. The standard InChI is InChI=1S/C49H76N8O23/c1-48(2,46(73)79-25-27-34(63)36(65)38(67)40-52-42(69)44(71)56(27)40)10-7-29(58)50-12-17-75-21-23-77-19-15-54(31(60)9-14-55-32(61)5-6-33(55)62)16-20-78-24-22-76-18-13-51-30(59)8-11-49(3,4)47(74)80-26-28-35(64)37(66)39(68)41-53-43(70)45(72)57(28)41/h27-28,34-41,63-68H,5-26H2,1-4H3,(H,50,58)(H,51,59)(H,52,69)(H,53,70)/t27-,28-,34-,35-,36+,37+,38+,39+,40+,41+/m1/s1/i5T/t5?,27-,28-,34-,35-,36+,37+,38+,39+,40+,41+. The number of carbonyl (C=O) groups excluding carboxylic acids is 11. The van der Waals surface area contributed by atoms with Gasteiger partial charge in [0.15, 0.2) is 0 Å². The number of nitrogens with one attached hydrogen (secondary N) is 4. The van der Waals surface area contributed by atoms with Gasteiger partial charge in [0.05, 0.1) is 75.8 Å². The summed E-state index contributed by atoms with van der Waals surface area (Å²) in [7, 11) is 0. The normalized spacial score (nSPS) is 26.9. The summed E-state index contributed by atoms with van der Waals surface area (Å²) in [6.45, 7) is 6.05. The van der Waals surface area contributed by atoms with Crippen molar-refractivity contribution in [3.8, 4) is 0 Å². The van der Waals surface area contributed by atoms with Crippen molar-refractivity contribution < 1.29 is 113 Å². The summed E-state index contributed by atoms with van der Waals surface area (Å²) in [6.07, 6.45) is -14.6. The van der Waals surface area contributed by atoms with Crippen molar-refractivity contribution >= 4 is 65.1 Å². The van der Waals surface area contributed by atoms with Crippen LogP contribution in [0.3, 0.4) is 0 Å². The molecule has 0 spiro atoms. The van der Waals surface area contributed by atoms with E-state index >= 15 is 0 Å². The first-order chi connectivity index (χ1) is 38.2. The van der Waals surface area contributed by atoms with E-state index < -0.39 is 157 Å². The molecule has 0 radical (unpaired) electrons. The van der Waals surface area contributed by atoms with Gasteiger partial charge < -0.3 is 95.0 Å². The minimum atomic E-state index is -1.74. The quantitative estimate of drug-likeness (QED) is 0.0126. The summed E-state index contributed by atoms with van der Waals surface area (Å²) in [5, 5.41) is 71.7. The highest BCUT2D eigenvalue weighted by atomic mass is 16.5.